The van der Waals surface area contributed by atoms with Gasteiger partial charge < -0.3 is 19.7 Å². The number of para-hydroxylation sites is 1. The fourth-order valence-corrected chi connectivity index (χ4v) is 2.10. The molecule has 0 aliphatic rings. The quantitative estimate of drug-likeness (QED) is 0.654. The minimum atomic E-state index is -0.0971. The van der Waals surface area contributed by atoms with E-state index in [4.69, 9.17) is 14.2 Å². The van der Waals surface area contributed by atoms with Gasteiger partial charge in [0.05, 0.1) is 0 Å². The number of hydrogen-bond acceptors (Lipinski definition) is 4. The SMILES string of the molecule is CC(COc1ccc(Oc2ccccc2)cc1)Oc1ccccn1.O. The second kappa shape index (κ2) is 9.30. The second-order valence-corrected chi connectivity index (χ2v) is 5.29. The summed E-state index contributed by atoms with van der Waals surface area (Å²) in [4.78, 5) is 4.13. The lowest BCUT2D eigenvalue weighted by molar-refractivity contribution is 0.138. The van der Waals surface area contributed by atoms with Gasteiger partial charge in [-0.25, -0.2) is 4.98 Å². The summed E-state index contributed by atoms with van der Waals surface area (Å²) in [5.74, 6) is 2.95. The van der Waals surface area contributed by atoms with Crippen molar-refractivity contribution >= 4 is 0 Å². The van der Waals surface area contributed by atoms with Crippen molar-refractivity contribution in [3.63, 3.8) is 0 Å². The number of benzene rings is 2. The standard InChI is InChI=1S/C20H19NO3.H2O/c1-16(23-20-9-5-6-14-21-20)15-22-17-10-12-19(13-11-17)24-18-7-3-2-4-8-18;/h2-14,16H,15H2,1H3;1H2. The summed E-state index contributed by atoms with van der Waals surface area (Å²) in [6, 6.07) is 22.8. The first kappa shape index (κ1) is 18.3. The average Bonchev–Trinajstić information content (AvgIpc) is 2.63. The van der Waals surface area contributed by atoms with Gasteiger partial charge in [0, 0.05) is 12.3 Å². The van der Waals surface area contributed by atoms with Gasteiger partial charge in [0.2, 0.25) is 5.88 Å². The smallest absolute Gasteiger partial charge is 0.213 e. The Kier molecular flexibility index (Phi) is 6.80. The van der Waals surface area contributed by atoms with Crippen LogP contribution in [0.25, 0.3) is 0 Å². The van der Waals surface area contributed by atoms with Crippen LogP contribution in [0.1, 0.15) is 6.92 Å². The van der Waals surface area contributed by atoms with Crippen LogP contribution in [0.5, 0.6) is 23.1 Å². The summed E-state index contributed by atoms with van der Waals surface area (Å²) in [7, 11) is 0. The maximum atomic E-state index is 5.75. The van der Waals surface area contributed by atoms with Gasteiger partial charge in [-0.3, -0.25) is 0 Å². The van der Waals surface area contributed by atoms with Crippen LogP contribution >= 0.6 is 0 Å². The molecule has 2 N–H and O–H groups in total. The monoisotopic (exact) mass is 339 g/mol. The van der Waals surface area contributed by atoms with Gasteiger partial charge in [-0.15, -0.1) is 0 Å². The van der Waals surface area contributed by atoms with Crippen molar-refractivity contribution in [1.29, 1.82) is 0 Å². The fraction of sp³-hybridized carbons (Fsp3) is 0.150. The molecule has 0 spiro atoms. The van der Waals surface area contributed by atoms with Gasteiger partial charge in [0.1, 0.15) is 30.0 Å². The van der Waals surface area contributed by atoms with E-state index in [0.29, 0.717) is 12.5 Å². The van der Waals surface area contributed by atoms with E-state index in [1.54, 1.807) is 6.20 Å². The van der Waals surface area contributed by atoms with Gasteiger partial charge in [0.15, 0.2) is 0 Å². The molecule has 1 atom stereocenters. The van der Waals surface area contributed by atoms with Gasteiger partial charge in [-0.2, -0.15) is 0 Å². The Morgan fingerprint density at radius 2 is 1.44 bits per heavy atom. The van der Waals surface area contributed by atoms with Crippen LogP contribution in [0.2, 0.25) is 0 Å². The number of ether oxygens (including phenoxy) is 3. The van der Waals surface area contributed by atoms with E-state index < -0.39 is 0 Å². The van der Waals surface area contributed by atoms with Crippen molar-refractivity contribution < 1.29 is 19.7 Å². The highest BCUT2D eigenvalue weighted by molar-refractivity contribution is 5.35. The zero-order valence-electron chi connectivity index (χ0n) is 14.0. The topological polar surface area (TPSA) is 72.1 Å². The minimum absolute atomic E-state index is 0. The summed E-state index contributed by atoms with van der Waals surface area (Å²) in [6.45, 7) is 2.39. The molecule has 0 amide bonds. The Morgan fingerprint density at radius 1 is 0.800 bits per heavy atom. The Balaban J connectivity index is 0.00000225. The lowest BCUT2D eigenvalue weighted by atomic mass is 10.3. The largest absolute Gasteiger partial charge is 0.490 e. The maximum absolute atomic E-state index is 5.75. The lowest BCUT2D eigenvalue weighted by Gasteiger charge is -2.15. The zero-order chi connectivity index (χ0) is 16.6. The van der Waals surface area contributed by atoms with E-state index in [1.807, 2.05) is 79.7 Å². The molecule has 1 aromatic heterocycles. The highest BCUT2D eigenvalue weighted by Gasteiger charge is 2.06. The van der Waals surface area contributed by atoms with E-state index in [2.05, 4.69) is 4.98 Å². The first-order valence-electron chi connectivity index (χ1n) is 7.83. The van der Waals surface area contributed by atoms with Crippen molar-refractivity contribution in [2.75, 3.05) is 6.61 Å². The second-order valence-electron chi connectivity index (χ2n) is 5.29. The Hall–Kier alpha value is -3.05. The number of aromatic nitrogens is 1. The number of nitrogens with zero attached hydrogens (tertiary/aromatic N) is 1. The molecule has 0 fully saturated rings. The molecule has 25 heavy (non-hydrogen) atoms. The molecular weight excluding hydrogens is 318 g/mol. The molecule has 2 aromatic carbocycles. The third kappa shape index (κ3) is 5.82. The van der Waals surface area contributed by atoms with Gasteiger partial charge in [0.25, 0.3) is 0 Å². The van der Waals surface area contributed by atoms with Gasteiger partial charge in [-0.05, 0) is 49.4 Å². The highest BCUT2D eigenvalue weighted by Crippen LogP contribution is 2.23. The molecule has 5 nitrogen and oxygen atoms in total. The Bertz CT molecular complexity index is 733. The number of rotatable bonds is 7. The van der Waals surface area contributed by atoms with Crippen LogP contribution in [-0.2, 0) is 0 Å². The molecule has 0 saturated heterocycles. The van der Waals surface area contributed by atoms with Crippen LogP contribution in [-0.4, -0.2) is 23.2 Å². The average molecular weight is 339 g/mol. The predicted molar refractivity (Wildman–Crippen MR) is 96.4 cm³/mol. The van der Waals surface area contributed by atoms with Crippen molar-refractivity contribution in [2.24, 2.45) is 0 Å². The minimum Gasteiger partial charge on any atom is -0.490 e. The fourth-order valence-electron chi connectivity index (χ4n) is 2.10. The lowest BCUT2D eigenvalue weighted by Crippen LogP contribution is -2.21. The van der Waals surface area contributed by atoms with E-state index in [9.17, 15) is 0 Å². The molecule has 0 bridgehead atoms. The van der Waals surface area contributed by atoms with Crippen LogP contribution in [0.15, 0.2) is 79.0 Å². The van der Waals surface area contributed by atoms with E-state index >= 15 is 0 Å². The molecule has 0 aliphatic carbocycles. The molecule has 3 aromatic rings. The van der Waals surface area contributed by atoms with Gasteiger partial charge in [-0.1, -0.05) is 24.3 Å². The molecule has 0 aliphatic heterocycles. The zero-order valence-corrected chi connectivity index (χ0v) is 14.0. The summed E-state index contributed by atoms with van der Waals surface area (Å²) >= 11 is 0. The molecule has 1 heterocycles. The molecule has 1 unspecified atom stereocenters. The van der Waals surface area contributed by atoms with Crippen LogP contribution in [0, 0.1) is 0 Å². The molecule has 0 saturated carbocycles. The molecular formula is C20H21NO4. The van der Waals surface area contributed by atoms with E-state index in [0.717, 1.165) is 17.2 Å². The Morgan fingerprint density at radius 3 is 2.12 bits per heavy atom. The van der Waals surface area contributed by atoms with E-state index in [1.165, 1.54) is 0 Å². The first-order valence-corrected chi connectivity index (χ1v) is 7.83. The normalized spacial score (nSPS) is 11.1. The third-order valence-electron chi connectivity index (χ3n) is 3.25. The number of pyridine rings is 1. The predicted octanol–water partition coefficient (Wildman–Crippen LogP) is 3.90. The van der Waals surface area contributed by atoms with E-state index in [-0.39, 0.29) is 11.6 Å². The van der Waals surface area contributed by atoms with Crippen LogP contribution < -0.4 is 14.2 Å². The van der Waals surface area contributed by atoms with Crippen LogP contribution in [0.3, 0.4) is 0 Å². The molecule has 3 rings (SSSR count). The molecule has 5 heteroatoms. The third-order valence-corrected chi connectivity index (χ3v) is 3.25. The van der Waals surface area contributed by atoms with Crippen molar-refractivity contribution in [1.82, 2.24) is 4.98 Å². The highest BCUT2D eigenvalue weighted by atomic mass is 16.5. The first-order chi connectivity index (χ1) is 11.8. The van der Waals surface area contributed by atoms with Crippen molar-refractivity contribution in [3.05, 3.63) is 79.0 Å². The molecule has 0 radical (unpaired) electrons. The summed E-state index contributed by atoms with van der Waals surface area (Å²) in [5, 5.41) is 0. The summed E-state index contributed by atoms with van der Waals surface area (Å²) < 4.78 is 17.2. The Labute approximate surface area is 147 Å². The maximum Gasteiger partial charge on any atom is 0.213 e. The van der Waals surface area contributed by atoms with Crippen LogP contribution in [0.4, 0.5) is 0 Å². The summed E-state index contributed by atoms with van der Waals surface area (Å²) in [5.41, 5.74) is 0. The summed E-state index contributed by atoms with van der Waals surface area (Å²) in [6.07, 6.45) is 1.61. The van der Waals surface area contributed by atoms with Crippen molar-refractivity contribution in [3.8, 4) is 23.1 Å². The molecule has 130 valence electrons. The van der Waals surface area contributed by atoms with Gasteiger partial charge >= 0.3 is 0 Å². The number of hydrogen-bond donors (Lipinski definition) is 0. The van der Waals surface area contributed by atoms with Crippen molar-refractivity contribution in [2.45, 2.75) is 13.0 Å².